The molecule has 142 valence electrons. The molecule has 1 unspecified atom stereocenters. The molecule has 1 amide bonds. The first-order valence-corrected chi connectivity index (χ1v) is 8.88. The Kier molecular flexibility index (Phi) is 5.76. The number of hydrogen-bond acceptors (Lipinski definition) is 4. The predicted octanol–water partition coefficient (Wildman–Crippen LogP) is 2.89. The second kappa shape index (κ2) is 8.22. The topological polar surface area (TPSA) is 76.1 Å². The molecule has 1 N–H and O–H groups in total. The van der Waals surface area contributed by atoms with Gasteiger partial charge in [-0.1, -0.05) is 35.9 Å². The van der Waals surface area contributed by atoms with Crippen molar-refractivity contribution in [1.29, 1.82) is 0 Å². The third-order valence-electron chi connectivity index (χ3n) is 4.39. The minimum absolute atomic E-state index is 0.0346. The van der Waals surface area contributed by atoms with Crippen molar-refractivity contribution in [1.82, 2.24) is 4.90 Å². The van der Waals surface area contributed by atoms with Crippen molar-refractivity contribution in [2.45, 2.75) is 32.7 Å². The van der Waals surface area contributed by atoms with Gasteiger partial charge in [0.25, 0.3) is 5.91 Å². The molecule has 6 heteroatoms. The Labute approximate surface area is 158 Å². The number of nitrogens with zero attached hydrogens (tertiary/aromatic N) is 1. The second-order valence-corrected chi connectivity index (χ2v) is 6.79. The Morgan fingerprint density at radius 1 is 1.19 bits per heavy atom. The SMILES string of the molecule is Cc1cccc(COc2cccc(C(=O)N3CC(C(=O)O)O[C@H](C)C3)c2)c1. The van der Waals surface area contributed by atoms with Gasteiger partial charge in [0.1, 0.15) is 12.4 Å². The first-order valence-electron chi connectivity index (χ1n) is 8.88. The summed E-state index contributed by atoms with van der Waals surface area (Å²) >= 11 is 0. The number of ether oxygens (including phenoxy) is 2. The van der Waals surface area contributed by atoms with E-state index in [-0.39, 0.29) is 18.6 Å². The van der Waals surface area contributed by atoms with E-state index in [2.05, 4.69) is 6.07 Å². The van der Waals surface area contributed by atoms with Gasteiger partial charge in [0, 0.05) is 12.1 Å². The first-order chi connectivity index (χ1) is 12.9. The molecule has 27 heavy (non-hydrogen) atoms. The van der Waals surface area contributed by atoms with Gasteiger partial charge in [-0.05, 0) is 37.6 Å². The summed E-state index contributed by atoms with van der Waals surface area (Å²) in [6.45, 7) is 4.59. The molecule has 0 bridgehead atoms. The van der Waals surface area contributed by atoms with Crippen LogP contribution >= 0.6 is 0 Å². The molecule has 1 saturated heterocycles. The number of carbonyl (C=O) groups is 2. The van der Waals surface area contributed by atoms with Crippen LogP contribution in [0.2, 0.25) is 0 Å². The monoisotopic (exact) mass is 369 g/mol. The van der Waals surface area contributed by atoms with Gasteiger partial charge in [0.15, 0.2) is 6.10 Å². The van der Waals surface area contributed by atoms with Crippen LogP contribution in [0, 0.1) is 6.92 Å². The molecule has 0 saturated carbocycles. The fraction of sp³-hybridized carbons (Fsp3) is 0.333. The summed E-state index contributed by atoms with van der Waals surface area (Å²) in [5, 5.41) is 9.18. The Bertz CT molecular complexity index is 835. The maximum atomic E-state index is 12.8. The van der Waals surface area contributed by atoms with Crippen molar-refractivity contribution in [3.05, 3.63) is 65.2 Å². The lowest BCUT2D eigenvalue weighted by molar-refractivity contribution is -0.160. The molecule has 0 radical (unpaired) electrons. The number of hydrogen-bond donors (Lipinski definition) is 1. The second-order valence-electron chi connectivity index (χ2n) is 6.79. The lowest BCUT2D eigenvalue weighted by atomic mass is 10.1. The molecule has 1 heterocycles. The molecule has 2 aromatic rings. The largest absolute Gasteiger partial charge is 0.489 e. The van der Waals surface area contributed by atoms with Gasteiger partial charge in [-0.2, -0.15) is 0 Å². The molecule has 2 atom stereocenters. The summed E-state index contributed by atoms with van der Waals surface area (Å²) in [6.07, 6.45) is -1.33. The third kappa shape index (κ3) is 4.86. The van der Waals surface area contributed by atoms with E-state index >= 15 is 0 Å². The van der Waals surface area contributed by atoms with Crippen LogP contribution in [0.3, 0.4) is 0 Å². The number of benzene rings is 2. The van der Waals surface area contributed by atoms with Crippen LogP contribution in [-0.4, -0.2) is 47.2 Å². The van der Waals surface area contributed by atoms with Crippen molar-refractivity contribution in [2.24, 2.45) is 0 Å². The van der Waals surface area contributed by atoms with Crippen LogP contribution in [0.25, 0.3) is 0 Å². The van der Waals surface area contributed by atoms with Crippen LogP contribution in [0.1, 0.15) is 28.4 Å². The fourth-order valence-corrected chi connectivity index (χ4v) is 3.12. The molecular formula is C21H23NO5. The molecule has 0 aromatic heterocycles. The minimum atomic E-state index is -1.06. The minimum Gasteiger partial charge on any atom is -0.489 e. The standard InChI is InChI=1S/C21H23NO5/c1-14-5-3-6-16(9-14)13-26-18-8-4-7-17(10-18)20(23)22-11-15(2)27-19(12-22)21(24)25/h3-10,15,19H,11-13H2,1-2H3,(H,24,25)/t15-,19?/m1/s1. The van der Waals surface area contributed by atoms with Gasteiger partial charge >= 0.3 is 5.97 Å². The van der Waals surface area contributed by atoms with E-state index < -0.39 is 12.1 Å². The number of amides is 1. The van der Waals surface area contributed by atoms with Crippen LogP contribution in [0.15, 0.2) is 48.5 Å². The lowest BCUT2D eigenvalue weighted by Crippen LogP contribution is -2.51. The number of aliphatic carboxylic acids is 1. The number of carboxylic acids is 1. The predicted molar refractivity (Wildman–Crippen MR) is 99.8 cm³/mol. The van der Waals surface area contributed by atoms with Crippen LogP contribution in [-0.2, 0) is 16.1 Å². The number of carboxylic acid groups (broad SMARTS) is 1. The Morgan fingerprint density at radius 2 is 1.96 bits per heavy atom. The van der Waals surface area contributed by atoms with Crippen molar-refractivity contribution in [3.63, 3.8) is 0 Å². The van der Waals surface area contributed by atoms with Crippen LogP contribution in [0.4, 0.5) is 0 Å². The van der Waals surface area contributed by atoms with E-state index in [9.17, 15) is 14.7 Å². The Morgan fingerprint density at radius 3 is 2.70 bits per heavy atom. The van der Waals surface area contributed by atoms with E-state index in [1.54, 1.807) is 31.2 Å². The first kappa shape index (κ1) is 18.9. The van der Waals surface area contributed by atoms with Gasteiger partial charge in [-0.15, -0.1) is 0 Å². The average Bonchev–Trinajstić information content (AvgIpc) is 2.65. The summed E-state index contributed by atoms with van der Waals surface area (Å²) in [4.78, 5) is 25.5. The molecule has 3 rings (SSSR count). The average molecular weight is 369 g/mol. The smallest absolute Gasteiger partial charge is 0.334 e. The molecule has 1 aliphatic heterocycles. The quantitative estimate of drug-likeness (QED) is 0.877. The van der Waals surface area contributed by atoms with Gasteiger partial charge in [0.2, 0.25) is 0 Å². The zero-order valence-corrected chi connectivity index (χ0v) is 15.4. The molecule has 2 aromatic carbocycles. The van der Waals surface area contributed by atoms with Gasteiger partial charge in [0.05, 0.1) is 12.6 Å². The molecule has 0 aliphatic carbocycles. The van der Waals surface area contributed by atoms with E-state index in [1.165, 1.54) is 4.90 Å². The van der Waals surface area contributed by atoms with Crippen LogP contribution < -0.4 is 4.74 Å². The van der Waals surface area contributed by atoms with E-state index in [0.717, 1.165) is 11.1 Å². The van der Waals surface area contributed by atoms with Crippen molar-refractivity contribution in [2.75, 3.05) is 13.1 Å². The highest BCUT2D eigenvalue weighted by Crippen LogP contribution is 2.19. The van der Waals surface area contributed by atoms with Gasteiger partial charge < -0.3 is 19.5 Å². The maximum absolute atomic E-state index is 12.8. The van der Waals surface area contributed by atoms with E-state index in [4.69, 9.17) is 9.47 Å². The van der Waals surface area contributed by atoms with Gasteiger partial charge in [-0.3, -0.25) is 4.79 Å². The summed E-state index contributed by atoms with van der Waals surface area (Å²) < 4.78 is 11.2. The van der Waals surface area contributed by atoms with Crippen molar-refractivity contribution in [3.8, 4) is 5.75 Å². The zero-order chi connectivity index (χ0) is 19.4. The molecule has 1 aliphatic rings. The maximum Gasteiger partial charge on any atom is 0.334 e. The summed E-state index contributed by atoms with van der Waals surface area (Å²) in [7, 11) is 0. The summed E-state index contributed by atoms with van der Waals surface area (Å²) in [5.41, 5.74) is 2.68. The summed E-state index contributed by atoms with van der Waals surface area (Å²) in [5.74, 6) is -0.689. The number of rotatable bonds is 5. The normalized spacial score (nSPS) is 19.6. The van der Waals surface area contributed by atoms with Crippen molar-refractivity contribution >= 4 is 11.9 Å². The third-order valence-corrected chi connectivity index (χ3v) is 4.39. The highest BCUT2D eigenvalue weighted by molar-refractivity contribution is 5.95. The fourth-order valence-electron chi connectivity index (χ4n) is 3.12. The van der Waals surface area contributed by atoms with Gasteiger partial charge in [-0.25, -0.2) is 4.79 Å². The molecule has 0 spiro atoms. The van der Waals surface area contributed by atoms with E-state index in [0.29, 0.717) is 24.5 Å². The summed E-state index contributed by atoms with van der Waals surface area (Å²) in [6, 6.07) is 15.0. The Balaban J connectivity index is 1.69. The number of carbonyl (C=O) groups excluding carboxylic acids is 1. The highest BCUT2D eigenvalue weighted by atomic mass is 16.5. The molecule has 6 nitrogen and oxygen atoms in total. The molecule has 1 fully saturated rings. The van der Waals surface area contributed by atoms with Crippen LogP contribution in [0.5, 0.6) is 5.75 Å². The number of morpholine rings is 1. The zero-order valence-electron chi connectivity index (χ0n) is 15.4. The Hall–Kier alpha value is -2.86. The van der Waals surface area contributed by atoms with Crippen molar-refractivity contribution < 1.29 is 24.2 Å². The van der Waals surface area contributed by atoms with E-state index in [1.807, 2.05) is 25.1 Å². The lowest BCUT2D eigenvalue weighted by Gasteiger charge is -2.35. The highest BCUT2D eigenvalue weighted by Gasteiger charge is 2.33. The molecular weight excluding hydrogens is 346 g/mol. The number of aryl methyl sites for hydroxylation is 1.